The first-order chi connectivity index (χ1) is 11.2. The Balaban J connectivity index is 1.51. The summed E-state index contributed by atoms with van der Waals surface area (Å²) in [5.41, 5.74) is 1.12. The molecule has 2 heterocycles. The Morgan fingerprint density at radius 1 is 1.22 bits per heavy atom. The van der Waals surface area contributed by atoms with Gasteiger partial charge in [-0.2, -0.15) is 0 Å². The van der Waals surface area contributed by atoms with Crippen LogP contribution >= 0.6 is 11.6 Å². The first kappa shape index (κ1) is 16.6. The van der Waals surface area contributed by atoms with Gasteiger partial charge in [0, 0.05) is 42.9 Å². The first-order valence-corrected chi connectivity index (χ1v) is 8.68. The quantitative estimate of drug-likeness (QED) is 0.903. The highest BCUT2D eigenvalue weighted by Crippen LogP contribution is 2.21. The lowest BCUT2D eigenvalue weighted by atomic mass is 10.2. The van der Waals surface area contributed by atoms with Gasteiger partial charge in [0.15, 0.2) is 0 Å². The van der Waals surface area contributed by atoms with Crippen molar-refractivity contribution in [2.75, 3.05) is 50.8 Å². The molecule has 126 valence electrons. The van der Waals surface area contributed by atoms with Crippen molar-refractivity contribution in [2.24, 2.45) is 0 Å². The monoisotopic (exact) mass is 337 g/mol. The van der Waals surface area contributed by atoms with Gasteiger partial charge in [-0.15, -0.1) is 0 Å². The Labute approximate surface area is 142 Å². The molecule has 2 saturated heterocycles. The number of halogens is 1. The van der Waals surface area contributed by atoms with Crippen molar-refractivity contribution in [3.05, 3.63) is 29.3 Å². The van der Waals surface area contributed by atoms with Gasteiger partial charge in [-0.25, -0.2) is 0 Å². The molecule has 0 bridgehead atoms. The number of nitrogens with zero attached hydrogens (tertiary/aromatic N) is 3. The zero-order valence-corrected chi connectivity index (χ0v) is 14.1. The summed E-state index contributed by atoms with van der Waals surface area (Å²) < 4.78 is 0. The van der Waals surface area contributed by atoms with Gasteiger partial charge < -0.3 is 14.9 Å². The molecule has 0 aromatic heterocycles. The molecule has 1 atom stereocenters. The van der Waals surface area contributed by atoms with Crippen molar-refractivity contribution in [3.8, 4) is 0 Å². The fourth-order valence-electron chi connectivity index (χ4n) is 3.47. The molecule has 2 fully saturated rings. The molecule has 0 aliphatic carbocycles. The van der Waals surface area contributed by atoms with Crippen LogP contribution in [0.4, 0.5) is 5.69 Å². The van der Waals surface area contributed by atoms with Crippen LogP contribution in [0.2, 0.25) is 5.02 Å². The Kier molecular flexibility index (Phi) is 5.41. The average Bonchev–Trinajstić information content (AvgIpc) is 3.02. The van der Waals surface area contributed by atoms with Crippen molar-refractivity contribution in [1.29, 1.82) is 0 Å². The molecule has 1 aromatic rings. The second kappa shape index (κ2) is 7.51. The average molecular weight is 338 g/mol. The van der Waals surface area contributed by atoms with E-state index in [1.165, 1.54) is 0 Å². The molecule has 3 rings (SSSR count). The molecule has 0 unspecified atom stereocenters. The van der Waals surface area contributed by atoms with E-state index in [2.05, 4.69) is 15.9 Å². The zero-order chi connectivity index (χ0) is 16.2. The van der Waals surface area contributed by atoms with E-state index in [0.717, 1.165) is 56.3 Å². The normalized spacial score (nSPS) is 22.6. The topological polar surface area (TPSA) is 47.0 Å². The molecular formula is C17H24ClN3O2. The smallest absolute Gasteiger partial charge is 0.236 e. The van der Waals surface area contributed by atoms with E-state index in [1.54, 1.807) is 0 Å². The third kappa shape index (κ3) is 3.97. The number of hydrogen-bond acceptors (Lipinski definition) is 4. The number of aliphatic hydroxyl groups excluding tert-OH is 1. The minimum atomic E-state index is 0.149. The molecule has 0 spiro atoms. The van der Waals surface area contributed by atoms with Crippen molar-refractivity contribution in [1.82, 2.24) is 9.80 Å². The number of rotatable bonds is 4. The Hall–Kier alpha value is -1.30. The predicted molar refractivity (Wildman–Crippen MR) is 91.9 cm³/mol. The fourth-order valence-corrected chi connectivity index (χ4v) is 3.66. The van der Waals surface area contributed by atoms with Crippen LogP contribution in [-0.4, -0.2) is 72.7 Å². The zero-order valence-electron chi connectivity index (χ0n) is 13.3. The molecule has 1 amide bonds. The molecule has 1 N–H and O–H groups in total. The molecule has 2 aliphatic heterocycles. The number of benzene rings is 1. The number of hydrogen-bond donors (Lipinski definition) is 1. The summed E-state index contributed by atoms with van der Waals surface area (Å²) >= 11 is 6.05. The van der Waals surface area contributed by atoms with Crippen LogP contribution in [0.25, 0.3) is 0 Å². The highest BCUT2D eigenvalue weighted by molar-refractivity contribution is 6.30. The number of carbonyl (C=O) groups is 1. The van der Waals surface area contributed by atoms with Gasteiger partial charge in [-0.1, -0.05) is 17.7 Å². The van der Waals surface area contributed by atoms with Gasteiger partial charge in [-0.3, -0.25) is 9.69 Å². The number of piperazine rings is 1. The first-order valence-electron chi connectivity index (χ1n) is 8.30. The van der Waals surface area contributed by atoms with E-state index >= 15 is 0 Å². The third-order valence-electron chi connectivity index (χ3n) is 4.85. The van der Waals surface area contributed by atoms with Crippen molar-refractivity contribution in [2.45, 2.75) is 18.9 Å². The van der Waals surface area contributed by atoms with E-state index in [9.17, 15) is 9.90 Å². The summed E-state index contributed by atoms with van der Waals surface area (Å²) in [7, 11) is 0. The highest BCUT2D eigenvalue weighted by Gasteiger charge is 2.28. The van der Waals surface area contributed by atoms with Crippen LogP contribution in [0.15, 0.2) is 24.3 Å². The highest BCUT2D eigenvalue weighted by atomic mass is 35.5. The Bertz CT molecular complexity index is 546. The summed E-state index contributed by atoms with van der Waals surface area (Å²) in [5, 5.41) is 10.1. The number of likely N-dealkylation sites (tertiary alicyclic amines) is 1. The Morgan fingerprint density at radius 2 is 2.00 bits per heavy atom. The van der Waals surface area contributed by atoms with E-state index < -0.39 is 0 Å². The van der Waals surface area contributed by atoms with Crippen molar-refractivity contribution < 1.29 is 9.90 Å². The lowest BCUT2D eigenvalue weighted by Crippen LogP contribution is -2.52. The molecular weight excluding hydrogens is 314 g/mol. The van der Waals surface area contributed by atoms with Gasteiger partial charge in [0.1, 0.15) is 0 Å². The standard InChI is InChI=1S/C17H24ClN3O2/c18-14-3-1-4-15(11-14)19-7-9-20(10-8-19)17(23)12-21-6-2-5-16(21)13-22/h1,3-4,11,16,22H,2,5-10,12-13H2/t16-/m1/s1. The van der Waals surface area contributed by atoms with E-state index in [-0.39, 0.29) is 18.6 Å². The maximum absolute atomic E-state index is 12.5. The lowest BCUT2D eigenvalue weighted by Gasteiger charge is -2.37. The summed E-state index contributed by atoms with van der Waals surface area (Å²) in [6.07, 6.45) is 2.06. The van der Waals surface area contributed by atoms with Crippen LogP contribution in [0, 0.1) is 0 Å². The molecule has 2 aliphatic rings. The van der Waals surface area contributed by atoms with Crippen LogP contribution in [0.5, 0.6) is 0 Å². The Morgan fingerprint density at radius 3 is 2.70 bits per heavy atom. The summed E-state index contributed by atoms with van der Waals surface area (Å²) in [5.74, 6) is 0.177. The molecule has 1 aromatic carbocycles. The third-order valence-corrected chi connectivity index (χ3v) is 5.09. The minimum Gasteiger partial charge on any atom is -0.395 e. The van der Waals surface area contributed by atoms with Gasteiger partial charge in [0.2, 0.25) is 5.91 Å². The summed E-state index contributed by atoms with van der Waals surface area (Å²) in [4.78, 5) is 18.8. The van der Waals surface area contributed by atoms with Crippen LogP contribution in [-0.2, 0) is 4.79 Å². The van der Waals surface area contributed by atoms with Crippen LogP contribution in [0.1, 0.15) is 12.8 Å². The number of amides is 1. The summed E-state index contributed by atoms with van der Waals surface area (Å²) in [6.45, 7) is 4.63. The van der Waals surface area contributed by atoms with Crippen molar-refractivity contribution >= 4 is 23.2 Å². The molecule has 0 saturated carbocycles. The molecule has 5 nitrogen and oxygen atoms in total. The van der Waals surface area contributed by atoms with Crippen LogP contribution in [0.3, 0.4) is 0 Å². The largest absolute Gasteiger partial charge is 0.395 e. The number of aliphatic hydroxyl groups is 1. The predicted octanol–water partition coefficient (Wildman–Crippen LogP) is 1.45. The maximum atomic E-state index is 12.5. The SMILES string of the molecule is O=C(CN1CCC[C@@H]1CO)N1CCN(c2cccc(Cl)c2)CC1. The fraction of sp³-hybridized carbons (Fsp3) is 0.588. The van der Waals surface area contributed by atoms with E-state index in [4.69, 9.17) is 11.6 Å². The van der Waals surface area contributed by atoms with Gasteiger partial charge in [0.05, 0.1) is 13.2 Å². The lowest BCUT2D eigenvalue weighted by molar-refractivity contribution is -0.133. The van der Waals surface area contributed by atoms with Gasteiger partial charge in [0.25, 0.3) is 0 Å². The molecule has 0 radical (unpaired) electrons. The molecule has 23 heavy (non-hydrogen) atoms. The maximum Gasteiger partial charge on any atom is 0.236 e. The van der Waals surface area contributed by atoms with Gasteiger partial charge >= 0.3 is 0 Å². The van der Waals surface area contributed by atoms with Gasteiger partial charge in [-0.05, 0) is 37.6 Å². The van der Waals surface area contributed by atoms with E-state index in [1.807, 2.05) is 23.1 Å². The number of anilines is 1. The molecule has 6 heteroatoms. The van der Waals surface area contributed by atoms with Crippen LogP contribution < -0.4 is 4.90 Å². The second-order valence-corrected chi connectivity index (χ2v) is 6.73. The minimum absolute atomic E-state index is 0.149. The second-order valence-electron chi connectivity index (χ2n) is 6.30. The van der Waals surface area contributed by atoms with E-state index in [0.29, 0.717) is 6.54 Å². The number of carbonyl (C=O) groups excluding carboxylic acids is 1. The van der Waals surface area contributed by atoms with Crippen molar-refractivity contribution in [3.63, 3.8) is 0 Å². The summed E-state index contributed by atoms with van der Waals surface area (Å²) in [6, 6.07) is 8.01.